The van der Waals surface area contributed by atoms with Crippen LogP contribution in [0.3, 0.4) is 0 Å². The first-order valence-electron chi connectivity index (χ1n) is 9.18. The Morgan fingerprint density at radius 1 is 1.07 bits per heavy atom. The minimum atomic E-state index is -0.845. The first-order chi connectivity index (χ1) is 13.4. The second-order valence-corrected chi connectivity index (χ2v) is 6.93. The van der Waals surface area contributed by atoms with Crippen molar-refractivity contribution in [3.8, 4) is 17.2 Å². The molecule has 1 saturated carbocycles. The fourth-order valence-corrected chi connectivity index (χ4v) is 3.81. The summed E-state index contributed by atoms with van der Waals surface area (Å²) in [6, 6.07) is 2.63. The van der Waals surface area contributed by atoms with Gasteiger partial charge in [-0.25, -0.2) is 4.79 Å². The third-order valence-corrected chi connectivity index (χ3v) is 5.20. The highest BCUT2D eigenvalue weighted by Gasteiger charge is 2.51. The zero-order valence-corrected chi connectivity index (χ0v) is 16.3. The van der Waals surface area contributed by atoms with Crippen LogP contribution in [-0.2, 0) is 9.59 Å². The number of imide groups is 1. The minimum absolute atomic E-state index is 0.322. The standard InChI is InChI=1S/C19H25N3O6/c1-26-13-9-12(10-14(27-2)16(13)28-3)20-15(23)11-22-17(24)19(21-18(22)25)7-5-4-6-8-19/h9-10H,4-8,11H2,1-3H3,(H,20,23)(H,21,25). The van der Waals surface area contributed by atoms with Crippen molar-refractivity contribution in [2.24, 2.45) is 0 Å². The van der Waals surface area contributed by atoms with Crippen LogP contribution in [-0.4, -0.2) is 56.2 Å². The molecule has 1 spiro atoms. The number of rotatable bonds is 6. The Bertz CT molecular complexity index is 763. The molecule has 1 heterocycles. The van der Waals surface area contributed by atoms with Gasteiger partial charge in [0.1, 0.15) is 12.1 Å². The number of carbonyl (C=O) groups excluding carboxylic acids is 3. The van der Waals surface area contributed by atoms with E-state index in [-0.39, 0.29) is 12.5 Å². The van der Waals surface area contributed by atoms with E-state index >= 15 is 0 Å². The molecule has 9 heteroatoms. The van der Waals surface area contributed by atoms with Gasteiger partial charge in [-0.15, -0.1) is 0 Å². The number of ether oxygens (including phenoxy) is 3. The van der Waals surface area contributed by atoms with E-state index in [1.54, 1.807) is 12.1 Å². The van der Waals surface area contributed by atoms with Gasteiger partial charge in [-0.3, -0.25) is 14.5 Å². The number of hydrogen-bond acceptors (Lipinski definition) is 6. The molecular weight excluding hydrogens is 366 g/mol. The Labute approximate surface area is 163 Å². The number of hydrogen-bond donors (Lipinski definition) is 2. The van der Waals surface area contributed by atoms with Crippen LogP contribution in [0.2, 0.25) is 0 Å². The molecule has 4 amide bonds. The smallest absolute Gasteiger partial charge is 0.325 e. The maximum Gasteiger partial charge on any atom is 0.325 e. The molecular formula is C19H25N3O6. The Balaban J connectivity index is 1.72. The van der Waals surface area contributed by atoms with E-state index in [2.05, 4.69) is 10.6 Å². The Morgan fingerprint density at radius 3 is 2.21 bits per heavy atom. The third kappa shape index (κ3) is 3.56. The molecule has 1 aliphatic carbocycles. The van der Waals surface area contributed by atoms with E-state index < -0.39 is 17.5 Å². The quantitative estimate of drug-likeness (QED) is 0.718. The molecule has 3 rings (SSSR count). The lowest BCUT2D eigenvalue weighted by molar-refractivity contribution is -0.134. The summed E-state index contributed by atoms with van der Waals surface area (Å²) in [4.78, 5) is 38.5. The lowest BCUT2D eigenvalue weighted by Gasteiger charge is -2.30. The molecule has 0 atom stereocenters. The fraction of sp³-hybridized carbons (Fsp3) is 0.526. The minimum Gasteiger partial charge on any atom is -0.493 e. The van der Waals surface area contributed by atoms with Crippen molar-refractivity contribution >= 4 is 23.5 Å². The van der Waals surface area contributed by atoms with Crippen molar-refractivity contribution in [3.63, 3.8) is 0 Å². The molecule has 0 aromatic heterocycles. The van der Waals surface area contributed by atoms with Gasteiger partial charge in [0.15, 0.2) is 11.5 Å². The van der Waals surface area contributed by atoms with E-state index in [4.69, 9.17) is 14.2 Å². The number of carbonyl (C=O) groups is 3. The predicted octanol–water partition coefficient (Wildman–Crippen LogP) is 1.91. The summed E-state index contributed by atoms with van der Waals surface area (Å²) < 4.78 is 15.8. The fourth-order valence-electron chi connectivity index (χ4n) is 3.81. The first-order valence-corrected chi connectivity index (χ1v) is 9.18. The molecule has 0 bridgehead atoms. The van der Waals surface area contributed by atoms with Crippen LogP contribution in [0.1, 0.15) is 32.1 Å². The topological polar surface area (TPSA) is 106 Å². The second-order valence-electron chi connectivity index (χ2n) is 6.93. The van der Waals surface area contributed by atoms with Crippen molar-refractivity contribution in [3.05, 3.63) is 12.1 Å². The monoisotopic (exact) mass is 391 g/mol. The molecule has 0 unspecified atom stereocenters. The zero-order valence-electron chi connectivity index (χ0n) is 16.3. The van der Waals surface area contributed by atoms with Crippen molar-refractivity contribution in [1.29, 1.82) is 0 Å². The van der Waals surface area contributed by atoms with Gasteiger partial charge in [0.2, 0.25) is 11.7 Å². The van der Waals surface area contributed by atoms with Gasteiger partial charge in [0.05, 0.1) is 21.3 Å². The summed E-state index contributed by atoms with van der Waals surface area (Å²) in [5, 5.41) is 5.46. The molecule has 1 aromatic carbocycles. The van der Waals surface area contributed by atoms with Crippen molar-refractivity contribution in [1.82, 2.24) is 10.2 Å². The normalized spacial score (nSPS) is 18.0. The number of anilines is 1. The summed E-state index contributed by atoms with van der Waals surface area (Å²) in [7, 11) is 4.43. The summed E-state index contributed by atoms with van der Waals surface area (Å²) in [5.74, 6) is 0.348. The molecule has 1 aromatic rings. The van der Waals surface area contributed by atoms with Gasteiger partial charge >= 0.3 is 6.03 Å². The Hall–Kier alpha value is -2.97. The van der Waals surface area contributed by atoms with E-state index in [0.29, 0.717) is 35.8 Å². The van der Waals surface area contributed by atoms with E-state index in [9.17, 15) is 14.4 Å². The third-order valence-electron chi connectivity index (χ3n) is 5.20. The van der Waals surface area contributed by atoms with Crippen LogP contribution in [0.5, 0.6) is 17.2 Å². The van der Waals surface area contributed by atoms with E-state index in [1.807, 2.05) is 0 Å². The van der Waals surface area contributed by atoms with Crippen LogP contribution in [0, 0.1) is 0 Å². The molecule has 1 aliphatic heterocycles. The van der Waals surface area contributed by atoms with Gasteiger partial charge in [-0.05, 0) is 12.8 Å². The van der Waals surface area contributed by atoms with Crippen LogP contribution in [0.15, 0.2) is 12.1 Å². The number of methoxy groups -OCH3 is 3. The molecule has 2 N–H and O–H groups in total. The van der Waals surface area contributed by atoms with Gasteiger partial charge in [-0.2, -0.15) is 0 Å². The number of nitrogens with zero attached hydrogens (tertiary/aromatic N) is 1. The van der Waals surface area contributed by atoms with Crippen molar-refractivity contribution in [2.75, 3.05) is 33.2 Å². The highest BCUT2D eigenvalue weighted by atomic mass is 16.5. The van der Waals surface area contributed by atoms with E-state index in [1.165, 1.54) is 21.3 Å². The summed E-state index contributed by atoms with van der Waals surface area (Å²) >= 11 is 0. The zero-order chi connectivity index (χ0) is 20.3. The molecule has 152 valence electrons. The van der Waals surface area contributed by atoms with Gasteiger partial charge < -0.3 is 24.8 Å². The number of nitrogens with one attached hydrogen (secondary N) is 2. The SMILES string of the molecule is COc1cc(NC(=O)CN2C(=O)NC3(CCCCC3)C2=O)cc(OC)c1OC. The lowest BCUT2D eigenvalue weighted by Crippen LogP contribution is -2.48. The molecule has 9 nitrogen and oxygen atoms in total. The summed E-state index contributed by atoms with van der Waals surface area (Å²) in [6.07, 6.45) is 4.05. The van der Waals surface area contributed by atoms with Gasteiger partial charge in [0.25, 0.3) is 5.91 Å². The maximum absolute atomic E-state index is 12.8. The summed E-state index contributed by atoms with van der Waals surface area (Å²) in [6.45, 7) is -0.358. The van der Waals surface area contributed by atoms with Crippen LogP contribution in [0.4, 0.5) is 10.5 Å². The number of urea groups is 1. The maximum atomic E-state index is 12.8. The second kappa shape index (κ2) is 7.95. The van der Waals surface area contributed by atoms with Gasteiger partial charge in [-0.1, -0.05) is 19.3 Å². The Kier molecular flexibility index (Phi) is 5.62. The largest absolute Gasteiger partial charge is 0.493 e. The molecule has 28 heavy (non-hydrogen) atoms. The number of benzene rings is 1. The summed E-state index contributed by atoms with van der Waals surface area (Å²) in [5.41, 5.74) is -0.443. The highest BCUT2D eigenvalue weighted by molar-refractivity contribution is 6.10. The Morgan fingerprint density at radius 2 is 1.68 bits per heavy atom. The van der Waals surface area contributed by atoms with Crippen LogP contribution >= 0.6 is 0 Å². The predicted molar refractivity (Wildman–Crippen MR) is 101 cm³/mol. The van der Waals surface area contributed by atoms with Crippen molar-refractivity contribution < 1.29 is 28.6 Å². The first kappa shape index (κ1) is 19.8. The molecule has 0 radical (unpaired) electrons. The van der Waals surface area contributed by atoms with Gasteiger partial charge in [0, 0.05) is 17.8 Å². The van der Waals surface area contributed by atoms with Crippen LogP contribution < -0.4 is 24.8 Å². The number of amides is 4. The lowest BCUT2D eigenvalue weighted by atomic mass is 9.82. The molecule has 2 aliphatic rings. The highest BCUT2D eigenvalue weighted by Crippen LogP contribution is 2.40. The van der Waals surface area contributed by atoms with Crippen LogP contribution in [0.25, 0.3) is 0 Å². The average molecular weight is 391 g/mol. The molecule has 2 fully saturated rings. The van der Waals surface area contributed by atoms with E-state index in [0.717, 1.165) is 24.2 Å². The average Bonchev–Trinajstić information content (AvgIpc) is 2.91. The van der Waals surface area contributed by atoms with Crippen molar-refractivity contribution in [2.45, 2.75) is 37.6 Å². The molecule has 1 saturated heterocycles.